The lowest BCUT2D eigenvalue weighted by atomic mass is 10.0. The number of rotatable bonds is 5. The molecule has 0 aromatic rings. The van der Waals surface area contributed by atoms with Crippen molar-refractivity contribution in [3.63, 3.8) is 0 Å². The van der Waals surface area contributed by atoms with E-state index in [2.05, 4.69) is 11.8 Å². The highest BCUT2D eigenvalue weighted by molar-refractivity contribution is 5.76. The lowest BCUT2D eigenvalue weighted by molar-refractivity contribution is -0.154. The Kier molecular flexibility index (Phi) is 4.35. The average molecular weight is 201 g/mol. The van der Waals surface area contributed by atoms with Crippen molar-refractivity contribution in [3.05, 3.63) is 0 Å². The van der Waals surface area contributed by atoms with Gasteiger partial charge >= 0.3 is 5.97 Å². The van der Waals surface area contributed by atoms with E-state index in [9.17, 15) is 4.79 Å². The lowest BCUT2D eigenvalue weighted by Gasteiger charge is -2.42. The fraction of sp³-hybridized carbons (Fsp3) is 0.900. The van der Waals surface area contributed by atoms with E-state index in [1.165, 1.54) is 7.11 Å². The second-order valence-electron chi connectivity index (χ2n) is 3.57. The SMILES string of the molecule is CCOCC(C)N1CCC1C(=O)OC. The molecule has 4 nitrogen and oxygen atoms in total. The molecule has 1 rings (SSSR count). The van der Waals surface area contributed by atoms with E-state index >= 15 is 0 Å². The normalized spacial score (nSPS) is 24.1. The molecule has 0 aliphatic carbocycles. The summed E-state index contributed by atoms with van der Waals surface area (Å²) in [5.41, 5.74) is 0. The van der Waals surface area contributed by atoms with E-state index in [-0.39, 0.29) is 12.0 Å². The Morgan fingerprint density at radius 1 is 1.64 bits per heavy atom. The molecule has 0 spiro atoms. The number of hydrogen-bond acceptors (Lipinski definition) is 4. The van der Waals surface area contributed by atoms with Crippen LogP contribution < -0.4 is 0 Å². The van der Waals surface area contributed by atoms with Gasteiger partial charge in [0.05, 0.1) is 13.7 Å². The van der Waals surface area contributed by atoms with Crippen LogP contribution in [0.5, 0.6) is 0 Å². The topological polar surface area (TPSA) is 38.8 Å². The van der Waals surface area contributed by atoms with Crippen LogP contribution in [0.2, 0.25) is 0 Å². The van der Waals surface area contributed by atoms with Gasteiger partial charge in [-0.1, -0.05) is 0 Å². The Morgan fingerprint density at radius 2 is 2.36 bits per heavy atom. The molecule has 1 heterocycles. The Labute approximate surface area is 85.2 Å². The molecular formula is C10H19NO3. The molecule has 0 amide bonds. The van der Waals surface area contributed by atoms with Gasteiger partial charge in [-0.3, -0.25) is 9.69 Å². The van der Waals surface area contributed by atoms with Gasteiger partial charge in [0.25, 0.3) is 0 Å². The molecule has 2 unspecified atom stereocenters. The number of likely N-dealkylation sites (tertiary alicyclic amines) is 1. The van der Waals surface area contributed by atoms with Crippen LogP contribution in [-0.4, -0.2) is 49.8 Å². The molecule has 1 aliphatic rings. The number of esters is 1. The number of carbonyl (C=O) groups excluding carboxylic acids is 1. The van der Waals surface area contributed by atoms with Gasteiger partial charge in [0.1, 0.15) is 6.04 Å². The molecule has 0 aromatic carbocycles. The summed E-state index contributed by atoms with van der Waals surface area (Å²) in [6, 6.07) is 0.253. The van der Waals surface area contributed by atoms with Gasteiger partial charge in [-0.25, -0.2) is 0 Å². The van der Waals surface area contributed by atoms with Crippen LogP contribution in [0.25, 0.3) is 0 Å². The van der Waals surface area contributed by atoms with Crippen molar-refractivity contribution >= 4 is 5.97 Å². The molecule has 0 aromatic heterocycles. The molecule has 4 heteroatoms. The number of methoxy groups -OCH3 is 1. The monoisotopic (exact) mass is 201 g/mol. The van der Waals surface area contributed by atoms with Crippen molar-refractivity contribution in [2.45, 2.75) is 32.4 Å². The molecule has 0 saturated carbocycles. The molecule has 0 bridgehead atoms. The molecule has 14 heavy (non-hydrogen) atoms. The molecule has 0 radical (unpaired) electrons. The molecule has 2 atom stereocenters. The first-order valence-corrected chi connectivity index (χ1v) is 5.12. The summed E-state index contributed by atoms with van der Waals surface area (Å²) in [6.45, 7) is 6.42. The molecule has 1 aliphatic heterocycles. The second-order valence-corrected chi connectivity index (χ2v) is 3.57. The predicted molar refractivity (Wildman–Crippen MR) is 53.1 cm³/mol. The summed E-state index contributed by atoms with van der Waals surface area (Å²) in [7, 11) is 1.44. The maximum Gasteiger partial charge on any atom is 0.323 e. The highest BCUT2D eigenvalue weighted by Crippen LogP contribution is 2.21. The maximum atomic E-state index is 11.3. The summed E-state index contributed by atoms with van der Waals surface area (Å²) in [4.78, 5) is 13.4. The molecule has 1 saturated heterocycles. The van der Waals surface area contributed by atoms with Gasteiger partial charge in [0.2, 0.25) is 0 Å². The van der Waals surface area contributed by atoms with Gasteiger partial charge in [0.15, 0.2) is 0 Å². The predicted octanol–water partition coefficient (Wildman–Crippen LogP) is 0.659. The van der Waals surface area contributed by atoms with Crippen molar-refractivity contribution in [2.75, 3.05) is 26.9 Å². The fourth-order valence-electron chi connectivity index (χ4n) is 1.71. The van der Waals surface area contributed by atoms with Gasteiger partial charge in [-0.2, -0.15) is 0 Å². The third-order valence-electron chi connectivity index (χ3n) is 2.66. The minimum Gasteiger partial charge on any atom is -0.468 e. The van der Waals surface area contributed by atoms with Crippen molar-refractivity contribution in [1.29, 1.82) is 0 Å². The quantitative estimate of drug-likeness (QED) is 0.612. The summed E-state index contributed by atoms with van der Waals surface area (Å²) >= 11 is 0. The first kappa shape index (κ1) is 11.5. The Balaban J connectivity index is 2.33. The maximum absolute atomic E-state index is 11.3. The van der Waals surface area contributed by atoms with E-state index in [0.29, 0.717) is 12.6 Å². The zero-order chi connectivity index (χ0) is 10.6. The smallest absolute Gasteiger partial charge is 0.323 e. The van der Waals surface area contributed by atoms with Crippen molar-refractivity contribution in [1.82, 2.24) is 4.90 Å². The van der Waals surface area contributed by atoms with Gasteiger partial charge in [-0.15, -0.1) is 0 Å². The zero-order valence-corrected chi connectivity index (χ0v) is 9.16. The van der Waals surface area contributed by atoms with E-state index in [1.807, 2.05) is 6.92 Å². The largest absolute Gasteiger partial charge is 0.468 e. The molecule has 1 fully saturated rings. The summed E-state index contributed by atoms with van der Waals surface area (Å²) in [6.07, 6.45) is 0.906. The first-order valence-electron chi connectivity index (χ1n) is 5.12. The van der Waals surface area contributed by atoms with E-state index < -0.39 is 0 Å². The molecule has 0 N–H and O–H groups in total. The number of ether oxygens (including phenoxy) is 2. The Bertz CT molecular complexity index is 196. The standard InChI is InChI=1S/C10H19NO3/c1-4-14-7-8(2)11-6-5-9(11)10(12)13-3/h8-9H,4-7H2,1-3H3. The summed E-state index contributed by atoms with van der Waals surface area (Å²) in [5.74, 6) is -0.125. The average Bonchev–Trinajstić information content (AvgIpc) is 2.12. The minimum atomic E-state index is -0.125. The van der Waals surface area contributed by atoms with Crippen molar-refractivity contribution < 1.29 is 14.3 Å². The van der Waals surface area contributed by atoms with Crippen molar-refractivity contribution in [2.24, 2.45) is 0 Å². The van der Waals surface area contributed by atoms with E-state index in [1.54, 1.807) is 0 Å². The van der Waals surface area contributed by atoms with Crippen LogP contribution in [0.4, 0.5) is 0 Å². The highest BCUT2D eigenvalue weighted by Gasteiger charge is 2.37. The second kappa shape index (κ2) is 5.32. The number of nitrogens with zero attached hydrogens (tertiary/aromatic N) is 1. The fourth-order valence-corrected chi connectivity index (χ4v) is 1.71. The summed E-state index contributed by atoms with van der Waals surface area (Å²) < 4.78 is 10.0. The Hall–Kier alpha value is -0.610. The van der Waals surface area contributed by atoms with Crippen molar-refractivity contribution in [3.8, 4) is 0 Å². The minimum absolute atomic E-state index is 0.0459. The van der Waals surface area contributed by atoms with Gasteiger partial charge in [0, 0.05) is 19.2 Å². The van der Waals surface area contributed by atoms with Gasteiger partial charge in [-0.05, 0) is 20.3 Å². The highest BCUT2D eigenvalue weighted by atomic mass is 16.5. The van der Waals surface area contributed by atoms with Crippen LogP contribution in [0.3, 0.4) is 0 Å². The molecule has 82 valence electrons. The van der Waals surface area contributed by atoms with Crippen LogP contribution >= 0.6 is 0 Å². The zero-order valence-electron chi connectivity index (χ0n) is 9.16. The Morgan fingerprint density at radius 3 is 2.79 bits per heavy atom. The van der Waals surface area contributed by atoms with E-state index in [4.69, 9.17) is 9.47 Å². The van der Waals surface area contributed by atoms with Crippen LogP contribution in [0.15, 0.2) is 0 Å². The van der Waals surface area contributed by atoms with Crippen LogP contribution in [0, 0.1) is 0 Å². The summed E-state index contributed by atoms with van der Waals surface area (Å²) in [5, 5.41) is 0. The third kappa shape index (κ3) is 2.45. The number of hydrogen-bond donors (Lipinski definition) is 0. The van der Waals surface area contributed by atoms with Crippen LogP contribution in [-0.2, 0) is 14.3 Å². The van der Waals surface area contributed by atoms with E-state index in [0.717, 1.165) is 19.6 Å². The lowest BCUT2D eigenvalue weighted by Crippen LogP contribution is -2.57. The number of carbonyl (C=O) groups is 1. The molecular weight excluding hydrogens is 182 g/mol. The first-order chi connectivity index (χ1) is 6.70. The van der Waals surface area contributed by atoms with Gasteiger partial charge < -0.3 is 9.47 Å². The third-order valence-corrected chi connectivity index (χ3v) is 2.66. The van der Waals surface area contributed by atoms with Crippen LogP contribution in [0.1, 0.15) is 20.3 Å².